The zero-order chi connectivity index (χ0) is 17.9. The number of aryl methyl sites for hydroxylation is 1. The summed E-state index contributed by atoms with van der Waals surface area (Å²) in [6.07, 6.45) is 7.48. The van der Waals surface area contributed by atoms with Gasteiger partial charge in [-0.1, -0.05) is 52.0 Å². The van der Waals surface area contributed by atoms with Crippen molar-refractivity contribution in [2.24, 2.45) is 5.41 Å². The summed E-state index contributed by atoms with van der Waals surface area (Å²) in [5, 5.41) is 0. The Bertz CT molecular complexity index is 650. The van der Waals surface area contributed by atoms with Gasteiger partial charge in [-0.3, -0.25) is 0 Å². The van der Waals surface area contributed by atoms with Crippen molar-refractivity contribution < 1.29 is 9.47 Å². The van der Waals surface area contributed by atoms with E-state index in [1.165, 1.54) is 5.56 Å². The van der Waals surface area contributed by atoms with Gasteiger partial charge in [0.25, 0.3) is 0 Å². The van der Waals surface area contributed by atoms with Crippen molar-refractivity contribution in [1.29, 1.82) is 0 Å². The first-order valence-electron chi connectivity index (χ1n) is 9.24. The number of aromatic nitrogens is 2. The maximum absolute atomic E-state index is 6.34. The van der Waals surface area contributed by atoms with Crippen molar-refractivity contribution in [3.63, 3.8) is 0 Å². The molecule has 0 amide bonds. The molecule has 1 saturated heterocycles. The highest BCUT2D eigenvalue weighted by molar-refractivity contribution is 5.28. The summed E-state index contributed by atoms with van der Waals surface area (Å²) >= 11 is 0. The third-order valence-electron chi connectivity index (χ3n) is 4.89. The van der Waals surface area contributed by atoms with Crippen molar-refractivity contribution in [3.05, 3.63) is 54.1 Å². The van der Waals surface area contributed by atoms with Gasteiger partial charge in [0, 0.05) is 36.3 Å². The highest BCUT2D eigenvalue weighted by Gasteiger charge is 2.41. The largest absolute Gasteiger partial charge is 0.345 e. The first-order valence-corrected chi connectivity index (χ1v) is 9.24. The van der Waals surface area contributed by atoms with E-state index in [-0.39, 0.29) is 5.41 Å². The average molecular weight is 342 g/mol. The van der Waals surface area contributed by atoms with Crippen LogP contribution in [0.1, 0.15) is 57.6 Å². The van der Waals surface area contributed by atoms with E-state index < -0.39 is 5.79 Å². The molecule has 25 heavy (non-hydrogen) atoms. The Morgan fingerprint density at radius 3 is 2.36 bits per heavy atom. The Labute approximate surface area is 151 Å². The molecule has 0 unspecified atom stereocenters. The quantitative estimate of drug-likeness (QED) is 0.762. The lowest BCUT2D eigenvalue weighted by Gasteiger charge is -2.44. The van der Waals surface area contributed by atoms with Gasteiger partial charge in [0.15, 0.2) is 5.79 Å². The first kappa shape index (κ1) is 18.2. The van der Waals surface area contributed by atoms with Crippen LogP contribution in [-0.2, 0) is 21.8 Å². The van der Waals surface area contributed by atoms with Crippen LogP contribution < -0.4 is 0 Å². The molecule has 4 nitrogen and oxygen atoms in total. The van der Waals surface area contributed by atoms with Gasteiger partial charge < -0.3 is 14.0 Å². The molecule has 1 aliphatic heterocycles. The van der Waals surface area contributed by atoms with E-state index in [0.717, 1.165) is 24.9 Å². The molecule has 1 aromatic heterocycles. The van der Waals surface area contributed by atoms with Gasteiger partial charge in [-0.05, 0) is 17.9 Å². The smallest absolute Gasteiger partial charge is 0.194 e. The maximum Gasteiger partial charge on any atom is 0.194 e. The number of benzene rings is 1. The summed E-state index contributed by atoms with van der Waals surface area (Å²) in [5.74, 6) is -0.107. The van der Waals surface area contributed by atoms with Gasteiger partial charge in [0.2, 0.25) is 0 Å². The van der Waals surface area contributed by atoms with E-state index in [2.05, 4.69) is 61.5 Å². The topological polar surface area (TPSA) is 36.3 Å². The summed E-state index contributed by atoms with van der Waals surface area (Å²) < 4.78 is 14.8. The van der Waals surface area contributed by atoms with Crippen molar-refractivity contribution in [2.45, 2.75) is 58.8 Å². The molecule has 3 rings (SSSR count). The van der Waals surface area contributed by atoms with Crippen LogP contribution in [0.4, 0.5) is 0 Å². The minimum Gasteiger partial charge on any atom is -0.345 e. The van der Waals surface area contributed by atoms with Gasteiger partial charge in [-0.25, -0.2) is 4.98 Å². The van der Waals surface area contributed by atoms with Crippen molar-refractivity contribution in [1.82, 2.24) is 9.55 Å². The van der Waals surface area contributed by atoms with E-state index in [4.69, 9.17) is 9.47 Å². The van der Waals surface area contributed by atoms with Crippen LogP contribution in [0.5, 0.6) is 0 Å². The fraction of sp³-hybridized carbons (Fsp3) is 0.571. The molecule has 0 radical (unpaired) electrons. The number of ether oxygens (including phenoxy) is 2. The van der Waals surface area contributed by atoms with Gasteiger partial charge >= 0.3 is 0 Å². The minimum atomic E-state index is -0.633. The predicted octanol–water partition coefficient (Wildman–Crippen LogP) is 4.71. The highest BCUT2D eigenvalue weighted by Crippen LogP contribution is 2.40. The molecule has 0 N–H and O–H groups in total. The fourth-order valence-corrected chi connectivity index (χ4v) is 3.20. The van der Waals surface area contributed by atoms with Gasteiger partial charge in [0.05, 0.1) is 19.5 Å². The number of hydrogen-bond acceptors (Lipinski definition) is 3. The summed E-state index contributed by atoms with van der Waals surface area (Å²) in [7, 11) is 0. The first-order chi connectivity index (χ1) is 11.9. The number of hydrogen-bond donors (Lipinski definition) is 0. The molecule has 0 spiro atoms. The van der Waals surface area contributed by atoms with Crippen molar-refractivity contribution in [2.75, 3.05) is 13.2 Å². The molecule has 1 aromatic carbocycles. The molecule has 0 saturated carbocycles. The Morgan fingerprint density at radius 2 is 1.80 bits per heavy atom. The second kappa shape index (κ2) is 7.30. The lowest BCUT2D eigenvalue weighted by atomic mass is 9.91. The number of imidazole rings is 1. The van der Waals surface area contributed by atoms with Gasteiger partial charge in [-0.15, -0.1) is 0 Å². The summed E-state index contributed by atoms with van der Waals surface area (Å²) in [6.45, 7) is 11.1. The van der Waals surface area contributed by atoms with Gasteiger partial charge in [-0.2, -0.15) is 0 Å². The zero-order valence-electron chi connectivity index (χ0n) is 15.9. The predicted molar refractivity (Wildman–Crippen MR) is 99.4 cm³/mol. The molecular weight excluding hydrogens is 312 g/mol. The molecule has 1 fully saturated rings. The van der Waals surface area contributed by atoms with Crippen LogP contribution in [0.3, 0.4) is 0 Å². The standard InChI is InChI=1S/C21H30N2O2/c1-17(2)18-6-8-19(9-7-18)21(24-14-20(3,4)15-25-21)10-5-12-23-13-11-22-16-23/h6-9,11,13,16-17H,5,10,12,14-15H2,1-4H3. The van der Waals surface area contributed by atoms with Crippen molar-refractivity contribution in [3.8, 4) is 0 Å². The van der Waals surface area contributed by atoms with Crippen molar-refractivity contribution >= 4 is 0 Å². The normalized spacial score (nSPS) is 19.2. The Balaban J connectivity index is 1.76. The number of nitrogens with zero attached hydrogens (tertiary/aromatic N) is 2. The lowest BCUT2D eigenvalue weighted by Crippen LogP contribution is -2.45. The van der Waals surface area contributed by atoms with E-state index in [1.807, 2.05) is 18.7 Å². The summed E-state index contributed by atoms with van der Waals surface area (Å²) in [5.41, 5.74) is 2.53. The molecular formula is C21H30N2O2. The average Bonchev–Trinajstić information content (AvgIpc) is 3.10. The fourth-order valence-electron chi connectivity index (χ4n) is 3.20. The third-order valence-corrected chi connectivity index (χ3v) is 4.89. The molecule has 0 bridgehead atoms. The van der Waals surface area contributed by atoms with E-state index >= 15 is 0 Å². The van der Waals surface area contributed by atoms with E-state index in [0.29, 0.717) is 19.1 Å². The second-order valence-electron chi connectivity index (χ2n) is 8.18. The minimum absolute atomic E-state index is 0.0612. The maximum atomic E-state index is 6.34. The zero-order valence-corrected chi connectivity index (χ0v) is 15.9. The van der Waals surface area contributed by atoms with Crippen LogP contribution in [0.15, 0.2) is 43.0 Å². The molecule has 0 aliphatic carbocycles. The Morgan fingerprint density at radius 1 is 1.12 bits per heavy atom. The van der Waals surface area contributed by atoms with Gasteiger partial charge in [0.1, 0.15) is 0 Å². The monoisotopic (exact) mass is 342 g/mol. The van der Waals surface area contributed by atoms with Crippen LogP contribution in [0, 0.1) is 5.41 Å². The number of rotatable bonds is 6. The third kappa shape index (κ3) is 4.31. The molecule has 1 aliphatic rings. The summed E-state index contributed by atoms with van der Waals surface area (Å²) in [6, 6.07) is 8.74. The Hall–Kier alpha value is -1.65. The van der Waals surface area contributed by atoms with Crippen LogP contribution >= 0.6 is 0 Å². The van der Waals surface area contributed by atoms with Crippen LogP contribution in [0.25, 0.3) is 0 Å². The summed E-state index contributed by atoms with van der Waals surface area (Å²) in [4.78, 5) is 4.11. The lowest BCUT2D eigenvalue weighted by molar-refractivity contribution is -0.311. The highest BCUT2D eigenvalue weighted by atomic mass is 16.7. The Kier molecular flexibility index (Phi) is 5.30. The van der Waals surface area contributed by atoms with Crippen LogP contribution in [-0.4, -0.2) is 22.8 Å². The van der Waals surface area contributed by atoms with E-state index in [1.54, 1.807) is 0 Å². The van der Waals surface area contributed by atoms with Crippen LogP contribution in [0.2, 0.25) is 0 Å². The molecule has 2 aromatic rings. The molecule has 2 heterocycles. The van der Waals surface area contributed by atoms with E-state index in [9.17, 15) is 0 Å². The SMILES string of the molecule is CC(C)c1ccc(C2(CCCn3ccnc3)OCC(C)(C)CO2)cc1. The second-order valence-corrected chi connectivity index (χ2v) is 8.18. The molecule has 4 heteroatoms. The molecule has 136 valence electrons. The molecule has 0 atom stereocenters.